The molecule has 3 rings (SSSR count). The molecular formula is C27H35N3O. The van der Waals surface area contributed by atoms with E-state index in [1.807, 2.05) is 24.4 Å². The van der Waals surface area contributed by atoms with Crippen LogP contribution in [0.4, 0.5) is 5.82 Å². The predicted octanol–water partition coefficient (Wildman–Crippen LogP) is 6.63. The first kappa shape index (κ1) is 22.9. The molecule has 1 aliphatic carbocycles. The van der Waals surface area contributed by atoms with Gasteiger partial charge in [-0.1, -0.05) is 61.4 Å². The van der Waals surface area contributed by atoms with Gasteiger partial charge in [-0.2, -0.15) is 0 Å². The van der Waals surface area contributed by atoms with E-state index in [0.29, 0.717) is 12.5 Å². The summed E-state index contributed by atoms with van der Waals surface area (Å²) >= 11 is 0. The summed E-state index contributed by atoms with van der Waals surface area (Å²) in [6.45, 7) is 7.04. The number of rotatable bonds is 11. The number of aromatic nitrogens is 2. The summed E-state index contributed by atoms with van der Waals surface area (Å²) in [7, 11) is 0. The van der Waals surface area contributed by atoms with Gasteiger partial charge < -0.3 is 9.69 Å². The molecule has 4 heteroatoms. The van der Waals surface area contributed by atoms with Crippen LogP contribution >= 0.6 is 0 Å². The van der Waals surface area contributed by atoms with Gasteiger partial charge in [0.2, 0.25) is 0 Å². The lowest BCUT2D eigenvalue weighted by Crippen LogP contribution is -2.33. The van der Waals surface area contributed by atoms with E-state index < -0.39 is 0 Å². The van der Waals surface area contributed by atoms with Crippen molar-refractivity contribution >= 4 is 17.2 Å². The molecule has 0 fully saturated rings. The summed E-state index contributed by atoms with van der Waals surface area (Å²) in [6.07, 6.45) is 15.7. The van der Waals surface area contributed by atoms with Crippen molar-refractivity contribution in [1.82, 2.24) is 9.97 Å². The number of ketones is 1. The second-order valence-electron chi connectivity index (χ2n) is 8.58. The fourth-order valence-electron chi connectivity index (χ4n) is 3.96. The van der Waals surface area contributed by atoms with Gasteiger partial charge in [0, 0.05) is 24.6 Å². The second-order valence-corrected chi connectivity index (χ2v) is 8.58. The quantitative estimate of drug-likeness (QED) is 0.385. The molecule has 4 nitrogen and oxygen atoms in total. The van der Waals surface area contributed by atoms with E-state index in [2.05, 4.69) is 49.1 Å². The van der Waals surface area contributed by atoms with Crippen molar-refractivity contribution in [2.24, 2.45) is 0 Å². The first-order chi connectivity index (χ1) is 15.1. The van der Waals surface area contributed by atoms with Crippen molar-refractivity contribution < 1.29 is 4.79 Å². The van der Waals surface area contributed by atoms with Crippen LogP contribution < -0.4 is 4.90 Å². The predicted molar refractivity (Wildman–Crippen MR) is 130 cm³/mol. The van der Waals surface area contributed by atoms with Crippen LogP contribution in [0.2, 0.25) is 0 Å². The Hall–Kier alpha value is -2.75. The maximum absolute atomic E-state index is 11.1. The lowest BCUT2D eigenvalue weighted by Gasteiger charge is -2.28. The van der Waals surface area contributed by atoms with Crippen molar-refractivity contribution in [2.75, 3.05) is 11.4 Å². The van der Waals surface area contributed by atoms with Gasteiger partial charge in [-0.05, 0) is 52.0 Å². The van der Waals surface area contributed by atoms with Crippen LogP contribution in [0.1, 0.15) is 71.4 Å². The van der Waals surface area contributed by atoms with E-state index in [1.54, 1.807) is 6.92 Å². The molecule has 0 unspecified atom stereocenters. The van der Waals surface area contributed by atoms with Crippen LogP contribution in [-0.4, -0.2) is 28.3 Å². The van der Waals surface area contributed by atoms with E-state index in [-0.39, 0.29) is 5.78 Å². The van der Waals surface area contributed by atoms with Gasteiger partial charge in [-0.15, -0.1) is 0 Å². The summed E-state index contributed by atoms with van der Waals surface area (Å²) in [5.74, 6) is 1.23. The molecule has 1 aromatic heterocycles. The maximum atomic E-state index is 11.1. The van der Waals surface area contributed by atoms with Crippen LogP contribution in [0.3, 0.4) is 0 Å². The highest BCUT2D eigenvalue weighted by Crippen LogP contribution is 2.30. The van der Waals surface area contributed by atoms with E-state index in [0.717, 1.165) is 73.4 Å². The number of anilines is 1. The van der Waals surface area contributed by atoms with Crippen molar-refractivity contribution in [2.45, 2.75) is 71.8 Å². The van der Waals surface area contributed by atoms with Gasteiger partial charge in [0.05, 0.1) is 17.6 Å². The molecular weight excluding hydrogens is 382 g/mol. The van der Waals surface area contributed by atoms with Gasteiger partial charge in [0.1, 0.15) is 11.6 Å². The number of carbonyl (C=O) groups excluding carboxylic acids is 1. The van der Waals surface area contributed by atoms with Gasteiger partial charge >= 0.3 is 0 Å². The number of nitrogens with zero attached hydrogens (tertiary/aromatic N) is 3. The molecule has 0 atom stereocenters. The van der Waals surface area contributed by atoms with Gasteiger partial charge in [-0.3, -0.25) is 4.98 Å². The SMILES string of the molecule is CC(=O)CCCCCCN(c1cnc(-c2ccccc2)c(C2=CCCC=C2)n1)C(C)C. The third-order valence-corrected chi connectivity index (χ3v) is 5.67. The summed E-state index contributed by atoms with van der Waals surface area (Å²) < 4.78 is 0. The number of Topliss-reactive ketones (excluding diaryl/α,β-unsaturated/α-hetero) is 1. The molecule has 1 aromatic carbocycles. The third kappa shape index (κ3) is 6.61. The van der Waals surface area contributed by atoms with Crippen LogP contribution in [-0.2, 0) is 4.79 Å². The molecule has 0 N–H and O–H groups in total. The molecule has 164 valence electrons. The number of hydrogen-bond acceptors (Lipinski definition) is 4. The molecule has 0 spiro atoms. The molecule has 0 saturated carbocycles. The number of unbranched alkanes of at least 4 members (excludes halogenated alkanes) is 3. The molecule has 0 radical (unpaired) electrons. The minimum Gasteiger partial charge on any atom is -0.353 e. The molecule has 31 heavy (non-hydrogen) atoms. The molecule has 1 heterocycles. The Morgan fingerprint density at radius 3 is 2.48 bits per heavy atom. The van der Waals surface area contributed by atoms with Gasteiger partial charge in [0.15, 0.2) is 0 Å². The van der Waals surface area contributed by atoms with Crippen LogP contribution in [0.15, 0.2) is 54.8 Å². The highest BCUT2D eigenvalue weighted by molar-refractivity contribution is 5.82. The average Bonchev–Trinajstić information content (AvgIpc) is 2.79. The Morgan fingerprint density at radius 2 is 1.81 bits per heavy atom. The number of benzene rings is 1. The third-order valence-electron chi connectivity index (χ3n) is 5.67. The zero-order valence-electron chi connectivity index (χ0n) is 19.2. The first-order valence-electron chi connectivity index (χ1n) is 11.6. The second kappa shape index (κ2) is 11.6. The summed E-state index contributed by atoms with van der Waals surface area (Å²) in [5.41, 5.74) is 4.16. The summed E-state index contributed by atoms with van der Waals surface area (Å²) in [5, 5.41) is 0. The number of hydrogen-bond donors (Lipinski definition) is 0. The van der Waals surface area contributed by atoms with Crippen LogP contribution in [0.5, 0.6) is 0 Å². The Morgan fingerprint density at radius 1 is 1.03 bits per heavy atom. The normalized spacial score (nSPS) is 13.4. The topological polar surface area (TPSA) is 46.1 Å². The Kier molecular flexibility index (Phi) is 8.57. The van der Waals surface area contributed by atoms with Crippen molar-refractivity contribution in [3.05, 3.63) is 60.5 Å². The van der Waals surface area contributed by atoms with Crippen LogP contribution in [0.25, 0.3) is 16.8 Å². The summed E-state index contributed by atoms with van der Waals surface area (Å²) in [4.78, 5) is 23.5. The highest BCUT2D eigenvalue weighted by atomic mass is 16.1. The van der Waals surface area contributed by atoms with Crippen molar-refractivity contribution in [1.29, 1.82) is 0 Å². The standard InChI is InChI=1S/C27H35N3O/c1-21(2)30(19-13-5-4-8-14-22(3)31)25-20-28-26(23-15-9-6-10-16-23)27(29-25)24-17-11-7-12-18-24/h6,9-11,15-18,20-21H,4-5,7-8,12-14,19H2,1-3H3. The zero-order chi connectivity index (χ0) is 22.1. The Bertz CT molecular complexity index is 915. The van der Waals surface area contributed by atoms with Gasteiger partial charge in [-0.25, -0.2) is 4.98 Å². The average molecular weight is 418 g/mol. The molecule has 0 aliphatic heterocycles. The van der Waals surface area contributed by atoms with E-state index >= 15 is 0 Å². The minimum absolute atomic E-state index is 0.288. The zero-order valence-corrected chi connectivity index (χ0v) is 19.2. The molecule has 0 bridgehead atoms. The lowest BCUT2D eigenvalue weighted by atomic mass is 9.99. The lowest BCUT2D eigenvalue weighted by molar-refractivity contribution is -0.117. The first-order valence-corrected chi connectivity index (χ1v) is 11.6. The Labute approximate surface area is 187 Å². The maximum Gasteiger partial charge on any atom is 0.148 e. The smallest absolute Gasteiger partial charge is 0.148 e. The minimum atomic E-state index is 0.288. The molecule has 2 aromatic rings. The fraction of sp³-hybridized carbons (Fsp3) is 0.444. The fourth-order valence-corrected chi connectivity index (χ4v) is 3.96. The molecule has 0 amide bonds. The van der Waals surface area contributed by atoms with E-state index in [4.69, 9.17) is 9.97 Å². The molecule has 1 aliphatic rings. The number of allylic oxidation sites excluding steroid dienone is 4. The van der Waals surface area contributed by atoms with Crippen molar-refractivity contribution in [3.63, 3.8) is 0 Å². The summed E-state index contributed by atoms with van der Waals surface area (Å²) in [6, 6.07) is 10.7. The monoisotopic (exact) mass is 417 g/mol. The number of carbonyl (C=O) groups is 1. The van der Waals surface area contributed by atoms with Crippen LogP contribution in [0, 0.1) is 0 Å². The Balaban J connectivity index is 1.81. The van der Waals surface area contributed by atoms with E-state index in [1.165, 1.54) is 0 Å². The van der Waals surface area contributed by atoms with Gasteiger partial charge in [0.25, 0.3) is 0 Å². The molecule has 0 saturated heterocycles. The van der Waals surface area contributed by atoms with Crippen molar-refractivity contribution in [3.8, 4) is 11.3 Å². The largest absolute Gasteiger partial charge is 0.353 e. The van der Waals surface area contributed by atoms with E-state index in [9.17, 15) is 4.79 Å². The highest BCUT2D eigenvalue weighted by Gasteiger charge is 2.18.